The van der Waals surface area contributed by atoms with E-state index in [0.29, 0.717) is 0 Å². The number of benzene rings is 1. The van der Waals surface area contributed by atoms with E-state index in [1.165, 1.54) is 6.92 Å². The molecule has 2 amide bonds. The zero-order chi connectivity index (χ0) is 17.0. The van der Waals surface area contributed by atoms with E-state index in [1.807, 2.05) is 30.0 Å². The lowest BCUT2D eigenvalue weighted by atomic mass is 10.2. The van der Waals surface area contributed by atoms with Crippen LogP contribution in [-0.4, -0.2) is 60.9 Å². The SMILES string of the molecule is CCN1CCN(C(=O)CN(C(C)=O)c2ccc(Br)c(C)c2)CC1. The fraction of sp³-hybridized carbons (Fsp3) is 0.529. The summed E-state index contributed by atoms with van der Waals surface area (Å²) in [4.78, 5) is 30.3. The van der Waals surface area contributed by atoms with Crippen LogP contribution in [0.25, 0.3) is 0 Å². The number of piperazine rings is 1. The molecular weight excluding hydrogens is 358 g/mol. The average Bonchev–Trinajstić information content (AvgIpc) is 2.55. The minimum absolute atomic E-state index is 0.0107. The molecule has 0 saturated carbocycles. The Morgan fingerprint density at radius 3 is 2.39 bits per heavy atom. The van der Waals surface area contributed by atoms with Gasteiger partial charge >= 0.3 is 0 Å². The first-order chi connectivity index (χ1) is 10.9. The third-order valence-electron chi connectivity index (χ3n) is 4.30. The van der Waals surface area contributed by atoms with Crippen molar-refractivity contribution in [2.75, 3.05) is 44.2 Å². The quantitative estimate of drug-likeness (QED) is 0.803. The van der Waals surface area contributed by atoms with Crippen LogP contribution in [-0.2, 0) is 9.59 Å². The highest BCUT2D eigenvalue weighted by molar-refractivity contribution is 9.10. The largest absolute Gasteiger partial charge is 0.339 e. The zero-order valence-electron chi connectivity index (χ0n) is 14.0. The zero-order valence-corrected chi connectivity index (χ0v) is 15.6. The smallest absolute Gasteiger partial charge is 0.242 e. The molecule has 1 aromatic rings. The third kappa shape index (κ3) is 4.54. The molecule has 0 N–H and O–H groups in total. The second-order valence-electron chi connectivity index (χ2n) is 5.85. The van der Waals surface area contributed by atoms with Gasteiger partial charge in [-0.15, -0.1) is 0 Å². The molecule has 1 saturated heterocycles. The number of hydrogen-bond acceptors (Lipinski definition) is 3. The topological polar surface area (TPSA) is 43.9 Å². The number of halogens is 1. The Kier molecular flexibility index (Phi) is 6.18. The predicted octanol–water partition coefficient (Wildman–Crippen LogP) is 2.27. The van der Waals surface area contributed by atoms with Crippen molar-refractivity contribution in [1.82, 2.24) is 9.80 Å². The van der Waals surface area contributed by atoms with E-state index in [9.17, 15) is 9.59 Å². The first kappa shape index (κ1) is 17.9. The molecule has 0 aliphatic carbocycles. The molecule has 6 heteroatoms. The van der Waals surface area contributed by atoms with Crippen molar-refractivity contribution >= 4 is 33.4 Å². The van der Waals surface area contributed by atoms with Gasteiger partial charge in [0.2, 0.25) is 11.8 Å². The third-order valence-corrected chi connectivity index (χ3v) is 5.19. The molecule has 1 aliphatic rings. The number of amides is 2. The van der Waals surface area contributed by atoms with E-state index in [-0.39, 0.29) is 18.4 Å². The van der Waals surface area contributed by atoms with E-state index >= 15 is 0 Å². The molecule has 23 heavy (non-hydrogen) atoms. The second kappa shape index (κ2) is 7.93. The Balaban J connectivity index is 2.06. The predicted molar refractivity (Wildman–Crippen MR) is 95.6 cm³/mol. The molecule has 0 radical (unpaired) electrons. The molecule has 126 valence electrons. The highest BCUT2D eigenvalue weighted by Crippen LogP contribution is 2.23. The molecule has 0 aromatic heterocycles. The monoisotopic (exact) mass is 381 g/mol. The average molecular weight is 382 g/mol. The van der Waals surface area contributed by atoms with Gasteiger partial charge in [-0.2, -0.15) is 0 Å². The van der Waals surface area contributed by atoms with Gasteiger partial charge in [-0.05, 0) is 37.2 Å². The van der Waals surface area contributed by atoms with Crippen LogP contribution in [0.15, 0.2) is 22.7 Å². The molecule has 2 rings (SSSR count). The van der Waals surface area contributed by atoms with Crippen LogP contribution in [0.1, 0.15) is 19.4 Å². The van der Waals surface area contributed by atoms with Gasteiger partial charge < -0.3 is 14.7 Å². The Labute approximate surface area is 146 Å². The van der Waals surface area contributed by atoms with E-state index in [1.54, 1.807) is 4.90 Å². The fourth-order valence-corrected chi connectivity index (χ4v) is 2.98. The Bertz CT molecular complexity index is 583. The van der Waals surface area contributed by atoms with Gasteiger partial charge in [0.15, 0.2) is 0 Å². The lowest BCUT2D eigenvalue weighted by molar-refractivity contribution is -0.132. The van der Waals surface area contributed by atoms with Gasteiger partial charge in [0, 0.05) is 43.3 Å². The van der Waals surface area contributed by atoms with Crippen LogP contribution >= 0.6 is 15.9 Å². The van der Waals surface area contributed by atoms with Crippen molar-refractivity contribution in [3.63, 3.8) is 0 Å². The van der Waals surface area contributed by atoms with Crippen LogP contribution in [0.3, 0.4) is 0 Å². The summed E-state index contributed by atoms with van der Waals surface area (Å²) in [6, 6.07) is 5.69. The minimum atomic E-state index is -0.118. The molecular formula is C17H24BrN3O2. The van der Waals surface area contributed by atoms with E-state index in [4.69, 9.17) is 0 Å². The summed E-state index contributed by atoms with van der Waals surface area (Å²) in [6.45, 7) is 9.99. The van der Waals surface area contributed by atoms with Crippen LogP contribution < -0.4 is 4.90 Å². The van der Waals surface area contributed by atoms with Crippen molar-refractivity contribution in [3.8, 4) is 0 Å². The van der Waals surface area contributed by atoms with E-state index < -0.39 is 0 Å². The van der Waals surface area contributed by atoms with Crippen LogP contribution in [0.5, 0.6) is 0 Å². The molecule has 1 aromatic carbocycles. The Morgan fingerprint density at radius 2 is 1.87 bits per heavy atom. The summed E-state index contributed by atoms with van der Waals surface area (Å²) in [5, 5.41) is 0. The fourth-order valence-electron chi connectivity index (χ4n) is 2.73. The molecule has 1 heterocycles. The summed E-state index contributed by atoms with van der Waals surface area (Å²) >= 11 is 3.46. The molecule has 1 aliphatic heterocycles. The standard InChI is InChI=1S/C17H24BrN3O2/c1-4-19-7-9-20(10-8-19)17(23)12-21(14(3)22)15-5-6-16(18)13(2)11-15/h5-6,11H,4,7-10,12H2,1-3H3. The van der Waals surface area contributed by atoms with Crippen molar-refractivity contribution < 1.29 is 9.59 Å². The summed E-state index contributed by atoms with van der Waals surface area (Å²) in [5.41, 5.74) is 1.80. The number of likely N-dealkylation sites (N-methyl/N-ethyl adjacent to an activating group) is 1. The van der Waals surface area contributed by atoms with Gasteiger partial charge in [-0.25, -0.2) is 0 Å². The number of rotatable bonds is 4. The summed E-state index contributed by atoms with van der Waals surface area (Å²) in [5.74, 6) is -0.108. The van der Waals surface area contributed by atoms with Gasteiger partial charge in [0.1, 0.15) is 6.54 Å². The van der Waals surface area contributed by atoms with Gasteiger partial charge in [0.05, 0.1) is 0 Å². The summed E-state index contributed by atoms with van der Waals surface area (Å²) in [7, 11) is 0. The van der Waals surface area contributed by atoms with E-state index in [0.717, 1.165) is 48.4 Å². The van der Waals surface area contributed by atoms with Crippen molar-refractivity contribution in [1.29, 1.82) is 0 Å². The van der Waals surface area contributed by atoms with Crippen LogP contribution in [0.4, 0.5) is 5.69 Å². The Hall–Kier alpha value is -1.40. The molecule has 0 bridgehead atoms. The van der Waals surface area contributed by atoms with Crippen LogP contribution in [0.2, 0.25) is 0 Å². The normalized spacial score (nSPS) is 15.6. The highest BCUT2D eigenvalue weighted by Gasteiger charge is 2.23. The summed E-state index contributed by atoms with van der Waals surface area (Å²) < 4.78 is 0.992. The Morgan fingerprint density at radius 1 is 1.22 bits per heavy atom. The molecule has 0 spiro atoms. The number of carbonyl (C=O) groups is 2. The number of hydrogen-bond donors (Lipinski definition) is 0. The number of nitrogens with zero attached hydrogens (tertiary/aromatic N) is 3. The minimum Gasteiger partial charge on any atom is -0.339 e. The molecule has 0 atom stereocenters. The van der Waals surface area contributed by atoms with Gasteiger partial charge in [-0.1, -0.05) is 22.9 Å². The molecule has 5 nitrogen and oxygen atoms in total. The maximum Gasteiger partial charge on any atom is 0.242 e. The lowest BCUT2D eigenvalue weighted by Gasteiger charge is -2.35. The van der Waals surface area contributed by atoms with Crippen molar-refractivity contribution in [2.24, 2.45) is 0 Å². The van der Waals surface area contributed by atoms with Crippen LogP contribution in [0, 0.1) is 6.92 Å². The van der Waals surface area contributed by atoms with Gasteiger partial charge in [0.25, 0.3) is 0 Å². The maximum absolute atomic E-state index is 12.5. The van der Waals surface area contributed by atoms with Gasteiger partial charge in [-0.3, -0.25) is 9.59 Å². The summed E-state index contributed by atoms with van der Waals surface area (Å²) in [6.07, 6.45) is 0. The number of anilines is 1. The maximum atomic E-state index is 12.5. The molecule has 0 unspecified atom stereocenters. The first-order valence-corrected chi connectivity index (χ1v) is 8.76. The lowest BCUT2D eigenvalue weighted by Crippen LogP contribution is -2.51. The number of aryl methyl sites for hydroxylation is 1. The second-order valence-corrected chi connectivity index (χ2v) is 6.71. The number of carbonyl (C=O) groups excluding carboxylic acids is 2. The van der Waals surface area contributed by atoms with Crippen molar-refractivity contribution in [3.05, 3.63) is 28.2 Å². The highest BCUT2D eigenvalue weighted by atomic mass is 79.9. The molecule has 1 fully saturated rings. The van der Waals surface area contributed by atoms with E-state index in [2.05, 4.69) is 27.8 Å². The first-order valence-electron chi connectivity index (χ1n) is 7.96. The van der Waals surface area contributed by atoms with Crippen molar-refractivity contribution in [2.45, 2.75) is 20.8 Å².